The predicted octanol–water partition coefficient (Wildman–Crippen LogP) is 2.46. The molecule has 1 aliphatic heterocycles. The molecule has 0 aromatic heterocycles. The Morgan fingerprint density at radius 1 is 1.25 bits per heavy atom. The zero-order valence-electron chi connectivity index (χ0n) is 14.1. The lowest BCUT2D eigenvalue weighted by atomic mass is 10.2. The summed E-state index contributed by atoms with van der Waals surface area (Å²) in [6.07, 6.45) is 3.69. The Morgan fingerprint density at radius 3 is 2.50 bits per heavy atom. The number of hydrogen-bond donors (Lipinski definition) is 1. The first-order chi connectivity index (χ1) is 11.4. The fraction of sp³-hybridized carbons (Fsp3) is 0.588. The molecule has 1 amide bonds. The Balaban J connectivity index is 1.87. The van der Waals surface area contributed by atoms with Crippen LogP contribution in [-0.4, -0.2) is 38.8 Å². The fourth-order valence-corrected chi connectivity index (χ4v) is 4.82. The lowest BCUT2D eigenvalue weighted by Crippen LogP contribution is -2.35. The van der Waals surface area contributed by atoms with Gasteiger partial charge in [0.2, 0.25) is 15.9 Å². The van der Waals surface area contributed by atoms with Crippen LogP contribution in [0.5, 0.6) is 5.75 Å². The number of amides is 1. The van der Waals surface area contributed by atoms with Crippen molar-refractivity contribution in [3.63, 3.8) is 0 Å². The number of sulfonamides is 1. The Hall–Kier alpha value is -1.60. The van der Waals surface area contributed by atoms with E-state index in [0.29, 0.717) is 30.4 Å². The molecule has 24 heavy (non-hydrogen) atoms. The first kappa shape index (κ1) is 17.2. The van der Waals surface area contributed by atoms with Gasteiger partial charge >= 0.3 is 0 Å². The van der Waals surface area contributed by atoms with Crippen LogP contribution in [0.2, 0.25) is 0 Å². The summed E-state index contributed by atoms with van der Waals surface area (Å²) in [5, 5.41) is 2.82. The minimum absolute atomic E-state index is 0.0363. The number of hydrogen-bond acceptors (Lipinski definition) is 4. The molecular formula is C17H24N2O4S. The first-order valence-electron chi connectivity index (χ1n) is 8.42. The Labute approximate surface area is 143 Å². The number of nitrogens with zero attached hydrogens (tertiary/aromatic N) is 1. The fourth-order valence-electron chi connectivity index (χ4n) is 3.12. The van der Waals surface area contributed by atoms with E-state index in [2.05, 4.69) is 5.32 Å². The van der Waals surface area contributed by atoms with Gasteiger partial charge in [-0.25, -0.2) is 8.42 Å². The number of carbonyl (C=O) groups excluding carboxylic acids is 1. The van der Waals surface area contributed by atoms with Crippen molar-refractivity contribution in [2.45, 2.75) is 37.5 Å². The van der Waals surface area contributed by atoms with Gasteiger partial charge in [0.1, 0.15) is 10.6 Å². The molecule has 1 aromatic rings. The van der Waals surface area contributed by atoms with Crippen molar-refractivity contribution >= 4 is 21.6 Å². The van der Waals surface area contributed by atoms with Crippen LogP contribution in [0, 0.1) is 11.8 Å². The van der Waals surface area contributed by atoms with Crippen LogP contribution >= 0.6 is 0 Å². The smallest absolute Gasteiger partial charge is 0.246 e. The molecule has 0 radical (unpaired) electrons. The number of methoxy groups -OCH3 is 1. The Bertz CT molecular complexity index is 726. The number of nitrogens with one attached hydrogen (secondary N) is 1. The molecule has 1 heterocycles. The minimum Gasteiger partial charge on any atom is -0.495 e. The molecule has 6 nitrogen and oxygen atoms in total. The average molecular weight is 352 g/mol. The van der Waals surface area contributed by atoms with Gasteiger partial charge in [-0.3, -0.25) is 4.79 Å². The summed E-state index contributed by atoms with van der Waals surface area (Å²) >= 11 is 0. The molecule has 1 aromatic carbocycles. The number of ether oxygens (including phenoxy) is 1. The summed E-state index contributed by atoms with van der Waals surface area (Å²) in [6, 6.07) is 4.79. The number of piperidine rings is 1. The number of anilines is 1. The predicted molar refractivity (Wildman–Crippen MR) is 91.5 cm³/mol. The maximum atomic E-state index is 12.9. The van der Waals surface area contributed by atoms with Crippen molar-refractivity contribution in [1.29, 1.82) is 0 Å². The summed E-state index contributed by atoms with van der Waals surface area (Å²) in [5.74, 6) is 0.696. The molecule has 132 valence electrons. The van der Waals surface area contributed by atoms with Crippen molar-refractivity contribution in [3.05, 3.63) is 18.2 Å². The van der Waals surface area contributed by atoms with E-state index in [9.17, 15) is 13.2 Å². The van der Waals surface area contributed by atoms with Crippen LogP contribution in [-0.2, 0) is 14.8 Å². The molecule has 0 bridgehead atoms. The zero-order chi connectivity index (χ0) is 17.3. The second-order valence-electron chi connectivity index (χ2n) is 6.64. The SMILES string of the molecule is COc1ccc(NC(=O)[C@@H]2C[C@H]2C)cc1S(=O)(=O)N1CCCCC1. The lowest BCUT2D eigenvalue weighted by Gasteiger charge is -2.26. The summed E-state index contributed by atoms with van der Waals surface area (Å²) < 4.78 is 32.6. The number of benzene rings is 1. The molecule has 0 unspecified atom stereocenters. The molecule has 2 aliphatic rings. The quantitative estimate of drug-likeness (QED) is 0.883. The van der Waals surface area contributed by atoms with E-state index >= 15 is 0 Å². The average Bonchev–Trinajstić information content (AvgIpc) is 3.32. The van der Waals surface area contributed by atoms with Crippen LogP contribution in [0.25, 0.3) is 0 Å². The topological polar surface area (TPSA) is 75.7 Å². The van der Waals surface area contributed by atoms with Crippen molar-refractivity contribution < 1.29 is 17.9 Å². The van der Waals surface area contributed by atoms with E-state index in [1.807, 2.05) is 6.92 Å². The van der Waals surface area contributed by atoms with Gasteiger partial charge in [0.15, 0.2) is 0 Å². The van der Waals surface area contributed by atoms with Crippen LogP contribution < -0.4 is 10.1 Å². The highest BCUT2D eigenvalue weighted by atomic mass is 32.2. The molecule has 3 rings (SSSR count). The van der Waals surface area contributed by atoms with Crippen molar-refractivity contribution in [1.82, 2.24) is 4.31 Å². The van der Waals surface area contributed by atoms with E-state index in [4.69, 9.17) is 4.74 Å². The zero-order valence-corrected chi connectivity index (χ0v) is 14.9. The van der Waals surface area contributed by atoms with Crippen molar-refractivity contribution in [3.8, 4) is 5.75 Å². The van der Waals surface area contributed by atoms with Crippen LogP contribution in [0.4, 0.5) is 5.69 Å². The molecule has 1 saturated heterocycles. The van der Waals surface area contributed by atoms with Gasteiger partial charge in [-0.15, -0.1) is 0 Å². The van der Waals surface area contributed by atoms with Gasteiger partial charge in [-0.2, -0.15) is 4.31 Å². The van der Waals surface area contributed by atoms with Gasteiger partial charge < -0.3 is 10.1 Å². The summed E-state index contributed by atoms with van der Waals surface area (Å²) in [5.41, 5.74) is 0.496. The van der Waals surface area contributed by atoms with E-state index < -0.39 is 10.0 Å². The molecule has 1 N–H and O–H groups in total. The van der Waals surface area contributed by atoms with Gasteiger partial charge in [0.05, 0.1) is 7.11 Å². The molecule has 0 spiro atoms. The second kappa shape index (κ2) is 6.72. The number of carbonyl (C=O) groups is 1. The second-order valence-corrected chi connectivity index (χ2v) is 8.55. The van der Waals surface area contributed by atoms with E-state index in [1.54, 1.807) is 12.1 Å². The maximum absolute atomic E-state index is 12.9. The largest absolute Gasteiger partial charge is 0.495 e. The lowest BCUT2D eigenvalue weighted by molar-refractivity contribution is -0.117. The van der Waals surface area contributed by atoms with Crippen molar-refractivity contribution in [2.24, 2.45) is 11.8 Å². The molecule has 7 heteroatoms. The third-order valence-electron chi connectivity index (χ3n) is 4.81. The molecule has 1 saturated carbocycles. The molecule has 2 atom stereocenters. The van der Waals surface area contributed by atoms with Crippen molar-refractivity contribution in [2.75, 3.05) is 25.5 Å². The van der Waals surface area contributed by atoms with E-state index in [0.717, 1.165) is 25.7 Å². The summed E-state index contributed by atoms with van der Waals surface area (Å²) in [7, 11) is -2.17. The summed E-state index contributed by atoms with van der Waals surface area (Å²) in [4.78, 5) is 12.2. The van der Waals surface area contributed by atoms with Crippen LogP contribution in [0.1, 0.15) is 32.6 Å². The highest BCUT2D eigenvalue weighted by Crippen LogP contribution is 2.39. The van der Waals surface area contributed by atoms with Gasteiger partial charge in [-0.05, 0) is 43.4 Å². The standard InChI is InChI=1S/C17H24N2O4S/c1-12-10-14(12)17(20)18-13-6-7-15(23-2)16(11-13)24(21,22)19-8-4-3-5-9-19/h6-7,11-12,14H,3-5,8-10H2,1-2H3,(H,18,20)/t12-,14-/m1/s1. The third kappa shape index (κ3) is 3.42. The Kier molecular flexibility index (Phi) is 4.83. The van der Waals surface area contributed by atoms with Gasteiger partial charge in [-0.1, -0.05) is 13.3 Å². The Morgan fingerprint density at radius 2 is 1.92 bits per heavy atom. The van der Waals surface area contributed by atoms with Gasteiger partial charge in [0.25, 0.3) is 0 Å². The van der Waals surface area contributed by atoms with E-state index in [1.165, 1.54) is 17.5 Å². The molecule has 2 fully saturated rings. The summed E-state index contributed by atoms with van der Waals surface area (Å²) in [6.45, 7) is 3.09. The number of rotatable bonds is 5. The maximum Gasteiger partial charge on any atom is 0.246 e. The van der Waals surface area contributed by atoms with Gasteiger partial charge in [0, 0.05) is 24.7 Å². The molecular weight excluding hydrogens is 328 g/mol. The third-order valence-corrected chi connectivity index (χ3v) is 6.73. The minimum atomic E-state index is -3.62. The van der Waals surface area contributed by atoms with Crippen LogP contribution in [0.15, 0.2) is 23.1 Å². The van der Waals surface area contributed by atoms with Crippen LogP contribution in [0.3, 0.4) is 0 Å². The normalized spacial score (nSPS) is 24.4. The molecule has 1 aliphatic carbocycles. The van der Waals surface area contributed by atoms with E-state index in [-0.39, 0.29) is 16.7 Å². The monoisotopic (exact) mass is 352 g/mol. The first-order valence-corrected chi connectivity index (χ1v) is 9.86. The highest BCUT2D eigenvalue weighted by molar-refractivity contribution is 7.89. The highest BCUT2D eigenvalue weighted by Gasteiger charge is 2.39.